The molecular weight excluding hydrogens is 177 g/mol. The van der Waals surface area contributed by atoms with Crippen LogP contribution >= 0.6 is 0 Å². The Hall–Kier alpha value is -1.44. The van der Waals surface area contributed by atoms with E-state index in [9.17, 15) is 4.39 Å². The number of aromatic nitrogens is 1. The molecule has 0 unspecified atom stereocenters. The Kier molecular flexibility index (Phi) is 1.99. The summed E-state index contributed by atoms with van der Waals surface area (Å²) >= 11 is 0. The Morgan fingerprint density at radius 2 is 2.00 bits per heavy atom. The van der Waals surface area contributed by atoms with Gasteiger partial charge in [0.1, 0.15) is 0 Å². The van der Waals surface area contributed by atoms with Crippen molar-refractivity contribution >= 4 is 10.9 Å². The van der Waals surface area contributed by atoms with Crippen molar-refractivity contribution in [1.82, 2.24) is 4.98 Å². The number of aryl methyl sites for hydroxylation is 1. The molecule has 0 N–H and O–H groups in total. The van der Waals surface area contributed by atoms with E-state index in [1.165, 1.54) is 6.07 Å². The van der Waals surface area contributed by atoms with Gasteiger partial charge in [0, 0.05) is 5.39 Å². The van der Waals surface area contributed by atoms with E-state index in [0.717, 1.165) is 10.9 Å². The zero-order chi connectivity index (χ0) is 10.3. The third kappa shape index (κ3) is 1.27. The monoisotopic (exact) mass is 185 g/mol. The SMILES string of the molecule is [CH]c1cc2nc(F)ccc2c(C)c1[CH]. The molecule has 0 saturated carbocycles. The number of pyridine rings is 1. The lowest BCUT2D eigenvalue weighted by Gasteiger charge is -2.07. The summed E-state index contributed by atoms with van der Waals surface area (Å²) in [5.74, 6) is -0.513. The summed E-state index contributed by atoms with van der Waals surface area (Å²) in [6, 6.07) is 4.55. The van der Waals surface area contributed by atoms with Gasteiger partial charge in [-0.05, 0) is 55.7 Å². The van der Waals surface area contributed by atoms with Crippen molar-refractivity contribution in [3.8, 4) is 0 Å². The van der Waals surface area contributed by atoms with Crippen LogP contribution in [0.3, 0.4) is 0 Å². The zero-order valence-electron chi connectivity index (χ0n) is 7.71. The number of hydrogen-bond donors (Lipinski definition) is 0. The van der Waals surface area contributed by atoms with Gasteiger partial charge in [-0.15, -0.1) is 0 Å². The summed E-state index contributed by atoms with van der Waals surface area (Å²) in [6.07, 6.45) is 0. The van der Waals surface area contributed by atoms with Gasteiger partial charge in [0.2, 0.25) is 5.95 Å². The van der Waals surface area contributed by atoms with E-state index in [0.29, 0.717) is 16.6 Å². The highest BCUT2D eigenvalue weighted by Gasteiger charge is 2.05. The standard InChI is InChI=1S/C12H8FN/c1-7-6-11-10(9(3)8(7)2)4-5-12(13)14-11/h1-2,4-6H,3H3. The fourth-order valence-electron chi connectivity index (χ4n) is 1.46. The minimum absolute atomic E-state index is 0.438. The Balaban J connectivity index is 2.91. The molecule has 0 aliphatic carbocycles. The van der Waals surface area contributed by atoms with Crippen molar-refractivity contribution in [2.24, 2.45) is 0 Å². The molecule has 0 bridgehead atoms. The second kappa shape index (κ2) is 3.05. The van der Waals surface area contributed by atoms with E-state index >= 15 is 0 Å². The molecule has 0 aliphatic rings. The first kappa shape index (κ1) is 9.13. The number of rotatable bonds is 0. The predicted molar refractivity (Wildman–Crippen MR) is 53.2 cm³/mol. The summed E-state index contributed by atoms with van der Waals surface area (Å²) in [7, 11) is 0. The van der Waals surface area contributed by atoms with E-state index in [1.54, 1.807) is 12.1 Å². The second-order valence-electron chi connectivity index (χ2n) is 3.21. The lowest BCUT2D eigenvalue weighted by Crippen LogP contribution is -1.92. The minimum Gasteiger partial charge on any atom is -0.220 e. The van der Waals surface area contributed by atoms with Gasteiger partial charge in [0.25, 0.3) is 0 Å². The van der Waals surface area contributed by atoms with Crippen LogP contribution in [-0.4, -0.2) is 4.98 Å². The van der Waals surface area contributed by atoms with Gasteiger partial charge < -0.3 is 0 Å². The maximum Gasteiger partial charge on any atom is 0.213 e. The highest BCUT2D eigenvalue weighted by molar-refractivity contribution is 5.84. The van der Waals surface area contributed by atoms with Gasteiger partial charge >= 0.3 is 0 Å². The molecule has 0 amide bonds. The van der Waals surface area contributed by atoms with Crippen molar-refractivity contribution < 1.29 is 4.39 Å². The molecule has 68 valence electrons. The highest BCUT2D eigenvalue weighted by atomic mass is 19.1. The van der Waals surface area contributed by atoms with Crippen LogP contribution in [0.25, 0.3) is 10.9 Å². The van der Waals surface area contributed by atoms with Gasteiger partial charge in [-0.1, -0.05) is 0 Å². The maximum atomic E-state index is 12.8. The number of benzene rings is 1. The van der Waals surface area contributed by atoms with Crippen LogP contribution in [0.1, 0.15) is 16.7 Å². The predicted octanol–water partition coefficient (Wildman–Crippen LogP) is 2.80. The van der Waals surface area contributed by atoms with Gasteiger partial charge in [-0.3, -0.25) is 0 Å². The summed E-state index contributed by atoms with van der Waals surface area (Å²) in [6.45, 7) is 13.2. The van der Waals surface area contributed by atoms with Crippen molar-refractivity contribution in [2.45, 2.75) is 6.92 Å². The molecule has 1 aromatic carbocycles. The van der Waals surface area contributed by atoms with Gasteiger partial charge in [-0.2, -0.15) is 4.39 Å². The van der Waals surface area contributed by atoms with E-state index in [4.69, 9.17) is 13.8 Å². The summed E-state index contributed by atoms with van der Waals surface area (Å²) in [5.41, 5.74) is 2.35. The van der Waals surface area contributed by atoms with Crippen molar-refractivity contribution in [3.63, 3.8) is 0 Å². The number of fused-ring (bicyclic) bond motifs is 1. The average molecular weight is 185 g/mol. The minimum atomic E-state index is -0.513. The molecule has 2 aromatic rings. The molecule has 2 heteroatoms. The molecule has 1 nitrogen and oxygen atoms in total. The summed E-state index contributed by atoms with van der Waals surface area (Å²) < 4.78 is 12.8. The molecule has 4 radical (unpaired) electrons. The van der Waals surface area contributed by atoms with Crippen LogP contribution in [-0.2, 0) is 0 Å². The molecule has 2 rings (SSSR count). The van der Waals surface area contributed by atoms with Gasteiger partial charge in [0.05, 0.1) is 5.52 Å². The van der Waals surface area contributed by atoms with Crippen molar-refractivity contribution in [2.75, 3.05) is 0 Å². The van der Waals surface area contributed by atoms with Crippen LogP contribution in [0, 0.1) is 26.7 Å². The first-order valence-corrected chi connectivity index (χ1v) is 4.20. The first-order chi connectivity index (χ1) is 6.59. The largest absolute Gasteiger partial charge is 0.220 e. The van der Waals surface area contributed by atoms with Crippen LogP contribution in [0.15, 0.2) is 18.2 Å². The Morgan fingerprint density at radius 3 is 2.71 bits per heavy atom. The normalized spacial score (nSPS) is 10.9. The van der Waals surface area contributed by atoms with Crippen LogP contribution in [0.5, 0.6) is 0 Å². The van der Waals surface area contributed by atoms with E-state index in [2.05, 4.69) is 4.98 Å². The number of hydrogen-bond acceptors (Lipinski definition) is 1. The molecular formula is C12H8FN. The molecule has 0 fully saturated rings. The zero-order valence-corrected chi connectivity index (χ0v) is 7.71. The summed E-state index contributed by atoms with van der Waals surface area (Å²) in [5, 5.41) is 0.832. The Morgan fingerprint density at radius 1 is 1.29 bits per heavy atom. The first-order valence-electron chi connectivity index (χ1n) is 4.20. The number of halogens is 1. The van der Waals surface area contributed by atoms with Gasteiger partial charge in [0.15, 0.2) is 0 Å². The van der Waals surface area contributed by atoms with Crippen LogP contribution in [0.4, 0.5) is 4.39 Å². The quantitative estimate of drug-likeness (QED) is 0.575. The second-order valence-corrected chi connectivity index (χ2v) is 3.21. The molecule has 1 heterocycles. The molecule has 1 aromatic heterocycles. The van der Waals surface area contributed by atoms with Crippen LogP contribution < -0.4 is 0 Å². The van der Waals surface area contributed by atoms with E-state index < -0.39 is 5.95 Å². The third-order valence-corrected chi connectivity index (χ3v) is 2.30. The van der Waals surface area contributed by atoms with E-state index in [1.807, 2.05) is 6.92 Å². The lowest BCUT2D eigenvalue weighted by atomic mass is 9.99. The molecule has 0 spiro atoms. The average Bonchev–Trinajstić information content (AvgIpc) is 2.14. The van der Waals surface area contributed by atoms with Crippen molar-refractivity contribution in [3.05, 3.63) is 54.7 Å². The molecule has 14 heavy (non-hydrogen) atoms. The molecule has 0 aliphatic heterocycles. The Labute approximate surface area is 82.6 Å². The lowest BCUT2D eigenvalue weighted by molar-refractivity contribution is 0.589. The number of nitrogens with zero attached hydrogens (tertiary/aromatic N) is 1. The molecule has 0 atom stereocenters. The smallest absolute Gasteiger partial charge is 0.213 e. The fourth-order valence-corrected chi connectivity index (χ4v) is 1.46. The van der Waals surface area contributed by atoms with E-state index in [-0.39, 0.29) is 0 Å². The Bertz CT molecular complexity index is 503. The fraction of sp³-hybridized carbons (Fsp3) is 0.0833. The topological polar surface area (TPSA) is 12.9 Å². The van der Waals surface area contributed by atoms with Crippen LogP contribution in [0.2, 0.25) is 0 Å². The van der Waals surface area contributed by atoms with Crippen molar-refractivity contribution in [1.29, 1.82) is 0 Å². The molecule has 0 saturated heterocycles. The maximum absolute atomic E-state index is 12.8. The van der Waals surface area contributed by atoms with Gasteiger partial charge in [-0.25, -0.2) is 4.98 Å². The highest BCUT2D eigenvalue weighted by Crippen LogP contribution is 2.23. The summed E-state index contributed by atoms with van der Waals surface area (Å²) in [4.78, 5) is 3.74. The third-order valence-electron chi connectivity index (χ3n) is 2.30.